The first-order valence-corrected chi connectivity index (χ1v) is 9.03. The van der Waals surface area contributed by atoms with Crippen LogP contribution in [0, 0.1) is 0 Å². The third kappa shape index (κ3) is 4.98. The van der Waals surface area contributed by atoms with Crippen molar-refractivity contribution in [3.8, 4) is 11.5 Å². The molecule has 0 atom stereocenters. The van der Waals surface area contributed by atoms with E-state index in [4.69, 9.17) is 16.3 Å². The normalized spacial score (nSPS) is 12.8. The molecule has 0 amide bonds. The summed E-state index contributed by atoms with van der Waals surface area (Å²) in [5, 5.41) is 0.113. The second kappa shape index (κ2) is 9.40. The number of aryl methyl sites for hydroxylation is 1. The van der Waals surface area contributed by atoms with Gasteiger partial charge in [-0.1, -0.05) is 31.0 Å². The van der Waals surface area contributed by atoms with Crippen LogP contribution in [0.5, 0.6) is 11.5 Å². The molecular formula is C19H18ClF6NO3. The number of pyridine rings is 1. The van der Waals surface area contributed by atoms with Gasteiger partial charge in [0.1, 0.15) is 23.4 Å². The molecule has 0 saturated carbocycles. The standard InChI is InChI=1S/C19H18ClF6NO3/c1-3-4-12-9-13(5-6-15(12)30-14-7-8-27-16(20)10-14)17(18(21,22)23,19(24,25)26)29-11-28-2/h5-10H,3-4,11H2,1-2H3. The van der Waals surface area contributed by atoms with Crippen LogP contribution < -0.4 is 4.74 Å². The Morgan fingerprint density at radius 1 is 1.00 bits per heavy atom. The quantitative estimate of drug-likeness (QED) is 0.260. The number of aromatic nitrogens is 1. The Morgan fingerprint density at radius 3 is 2.20 bits per heavy atom. The highest BCUT2D eigenvalue weighted by atomic mass is 35.5. The highest BCUT2D eigenvalue weighted by Gasteiger charge is 2.73. The summed E-state index contributed by atoms with van der Waals surface area (Å²) >= 11 is 5.78. The van der Waals surface area contributed by atoms with Gasteiger partial charge in [-0.25, -0.2) is 4.98 Å². The molecule has 0 aliphatic carbocycles. The molecule has 0 unspecified atom stereocenters. The molecule has 0 spiro atoms. The number of methoxy groups -OCH3 is 1. The molecule has 0 aliphatic heterocycles. The maximum Gasteiger partial charge on any atom is 0.430 e. The lowest BCUT2D eigenvalue weighted by molar-refractivity contribution is -0.400. The van der Waals surface area contributed by atoms with E-state index >= 15 is 0 Å². The molecule has 4 nitrogen and oxygen atoms in total. The lowest BCUT2D eigenvalue weighted by Crippen LogP contribution is -2.56. The number of benzene rings is 1. The number of hydrogen-bond acceptors (Lipinski definition) is 4. The van der Waals surface area contributed by atoms with Crippen molar-refractivity contribution in [2.24, 2.45) is 0 Å². The molecule has 0 radical (unpaired) electrons. The fraction of sp³-hybridized carbons (Fsp3) is 0.421. The predicted molar refractivity (Wildman–Crippen MR) is 96.5 cm³/mol. The average Bonchev–Trinajstić information content (AvgIpc) is 2.62. The Morgan fingerprint density at radius 2 is 1.67 bits per heavy atom. The Labute approximate surface area is 173 Å². The van der Waals surface area contributed by atoms with E-state index in [1.165, 1.54) is 18.3 Å². The second-order valence-corrected chi connectivity index (χ2v) is 6.60. The lowest BCUT2D eigenvalue weighted by atomic mass is 9.89. The number of rotatable bonds is 8. The zero-order valence-electron chi connectivity index (χ0n) is 15.9. The van der Waals surface area contributed by atoms with Gasteiger partial charge in [0.2, 0.25) is 0 Å². The van der Waals surface area contributed by atoms with E-state index in [9.17, 15) is 26.3 Å². The molecule has 0 bridgehead atoms. The van der Waals surface area contributed by atoms with Gasteiger partial charge in [-0.15, -0.1) is 0 Å². The van der Waals surface area contributed by atoms with E-state index in [0.717, 1.165) is 19.2 Å². The summed E-state index contributed by atoms with van der Waals surface area (Å²) in [5.74, 6) is 0.321. The zero-order valence-corrected chi connectivity index (χ0v) is 16.7. The van der Waals surface area contributed by atoms with Crippen molar-refractivity contribution in [1.82, 2.24) is 4.98 Å². The molecule has 2 aromatic rings. The van der Waals surface area contributed by atoms with Crippen LogP contribution in [0.1, 0.15) is 24.5 Å². The SMILES string of the molecule is CCCc1cc(C(OCOC)(C(F)(F)F)C(F)(F)F)ccc1Oc1ccnc(Cl)c1. The first kappa shape index (κ1) is 24.2. The van der Waals surface area contributed by atoms with E-state index in [1.807, 2.05) is 0 Å². The Hall–Kier alpha value is -2.04. The molecular weight excluding hydrogens is 440 g/mol. The van der Waals surface area contributed by atoms with Crippen LogP contribution >= 0.6 is 11.6 Å². The van der Waals surface area contributed by atoms with Gasteiger partial charge in [0.25, 0.3) is 5.60 Å². The molecule has 0 saturated heterocycles. The van der Waals surface area contributed by atoms with Crippen LogP contribution in [0.25, 0.3) is 0 Å². The highest BCUT2D eigenvalue weighted by molar-refractivity contribution is 6.29. The topological polar surface area (TPSA) is 40.6 Å². The first-order valence-electron chi connectivity index (χ1n) is 8.65. The molecule has 0 aliphatic rings. The van der Waals surface area contributed by atoms with Crippen LogP contribution in [0.2, 0.25) is 5.15 Å². The predicted octanol–water partition coefficient (Wildman–Crippen LogP) is 6.42. The van der Waals surface area contributed by atoms with Crippen molar-refractivity contribution >= 4 is 11.6 Å². The van der Waals surface area contributed by atoms with Crippen LogP contribution in [0.15, 0.2) is 36.5 Å². The third-order valence-corrected chi connectivity index (χ3v) is 4.31. The van der Waals surface area contributed by atoms with Crippen molar-refractivity contribution in [2.75, 3.05) is 13.9 Å². The van der Waals surface area contributed by atoms with E-state index in [0.29, 0.717) is 12.5 Å². The number of hydrogen-bond donors (Lipinski definition) is 0. The van der Waals surface area contributed by atoms with Gasteiger partial charge in [-0.3, -0.25) is 0 Å². The second-order valence-electron chi connectivity index (χ2n) is 6.22. The summed E-state index contributed by atoms with van der Waals surface area (Å²) in [5.41, 5.74) is -5.54. The van der Waals surface area contributed by atoms with Crippen molar-refractivity contribution in [3.05, 3.63) is 52.8 Å². The van der Waals surface area contributed by atoms with Gasteiger partial charge in [0.15, 0.2) is 0 Å². The van der Waals surface area contributed by atoms with E-state index < -0.39 is 30.3 Å². The third-order valence-electron chi connectivity index (χ3n) is 4.10. The van der Waals surface area contributed by atoms with Gasteiger partial charge in [-0.05, 0) is 30.2 Å². The molecule has 30 heavy (non-hydrogen) atoms. The van der Waals surface area contributed by atoms with E-state index in [1.54, 1.807) is 6.92 Å². The molecule has 166 valence electrons. The fourth-order valence-corrected chi connectivity index (χ4v) is 2.98. The van der Waals surface area contributed by atoms with Gasteiger partial charge in [-0.2, -0.15) is 26.3 Å². The summed E-state index contributed by atoms with van der Waals surface area (Å²) in [4.78, 5) is 3.78. The number of alkyl halides is 6. The van der Waals surface area contributed by atoms with E-state index in [2.05, 4.69) is 14.5 Å². The number of ether oxygens (including phenoxy) is 3. The molecule has 0 N–H and O–H groups in total. The molecule has 0 fully saturated rings. The Bertz CT molecular complexity index is 843. The summed E-state index contributed by atoms with van der Waals surface area (Å²) in [6.45, 7) is 0.512. The van der Waals surface area contributed by atoms with E-state index in [-0.39, 0.29) is 28.6 Å². The molecule has 1 heterocycles. The van der Waals surface area contributed by atoms with Gasteiger partial charge in [0, 0.05) is 24.9 Å². The average molecular weight is 458 g/mol. The Balaban J connectivity index is 2.61. The van der Waals surface area contributed by atoms with Crippen molar-refractivity contribution in [1.29, 1.82) is 0 Å². The zero-order chi connectivity index (χ0) is 22.6. The van der Waals surface area contributed by atoms with Crippen LogP contribution in [-0.2, 0) is 21.5 Å². The van der Waals surface area contributed by atoms with Crippen molar-refractivity contribution in [2.45, 2.75) is 37.7 Å². The Kier molecular flexibility index (Phi) is 7.59. The highest BCUT2D eigenvalue weighted by Crippen LogP contribution is 2.53. The van der Waals surface area contributed by atoms with Gasteiger partial charge < -0.3 is 14.2 Å². The molecule has 11 heteroatoms. The maximum absolute atomic E-state index is 13.7. The summed E-state index contributed by atoms with van der Waals surface area (Å²) < 4.78 is 96.6. The molecule has 1 aromatic heterocycles. The van der Waals surface area contributed by atoms with Crippen LogP contribution in [0.3, 0.4) is 0 Å². The largest absolute Gasteiger partial charge is 0.457 e. The summed E-state index contributed by atoms with van der Waals surface area (Å²) in [6.07, 6.45) is -9.64. The van der Waals surface area contributed by atoms with Crippen molar-refractivity contribution < 1.29 is 40.6 Å². The minimum Gasteiger partial charge on any atom is -0.457 e. The lowest BCUT2D eigenvalue weighted by Gasteiger charge is -2.37. The van der Waals surface area contributed by atoms with Crippen molar-refractivity contribution in [3.63, 3.8) is 0 Å². The first-order chi connectivity index (χ1) is 14.0. The van der Waals surface area contributed by atoms with Gasteiger partial charge >= 0.3 is 12.4 Å². The summed E-state index contributed by atoms with van der Waals surface area (Å²) in [7, 11) is 0.927. The smallest absolute Gasteiger partial charge is 0.430 e. The van der Waals surface area contributed by atoms with Crippen LogP contribution in [0.4, 0.5) is 26.3 Å². The number of nitrogens with zero attached hydrogens (tertiary/aromatic N) is 1. The fourth-order valence-electron chi connectivity index (χ4n) is 2.82. The minimum absolute atomic E-state index is 0.0906. The molecule has 2 rings (SSSR count). The number of halogens is 7. The molecule has 1 aromatic carbocycles. The minimum atomic E-state index is -5.80. The van der Waals surface area contributed by atoms with Crippen LogP contribution in [-0.4, -0.2) is 31.2 Å². The maximum atomic E-state index is 13.7. The van der Waals surface area contributed by atoms with Gasteiger partial charge in [0.05, 0.1) is 0 Å². The monoisotopic (exact) mass is 457 g/mol. The summed E-state index contributed by atoms with van der Waals surface area (Å²) in [6, 6.07) is 5.32.